The molecule has 1 N–H and O–H groups in total. The van der Waals surface area contributed by atoms with Crippen LogP contribution in [0.15, 0.2) is 40.3 Å². The molecule has 0 spiro atoms. The van der Waals surface area contributed by atoms with Gasteiger partial charge in [-0.2, -0.15) is 0 Å². The van der Waals surface area contributed by atoms with Crippen molar-refractivity contribution in [2.24, 2.45) is 0 Å². The van der Waals surface area contributed by atoms with Gasteiger partial charge in [0.05, 0.1) is 10.6 Å². The molecular weight excluding hydrogens is 248 g/mol. The third-order valence-corrected chi connectivity index (χ3v) is 4.58. The van der Waals surface area contributed by atoms with Crippen molar-refractivity contribution in [1.82, 2.24) is 0 Å². The summed E-state index contributed by atoms with van der Waals surface area (Å²) >= 11 is 0. The van der Waals surface area contributed by atoms with Crippen molar-refractivity contribution < 1.29 is 13.5 Å². The molecule has 0 amide bonds. The highest BCUT2D eigenvalue weighted by molar-refractivity contribution is 7.91. The van der Waals surface area contributed by atoms with E-state index in [1.54, 1.807) is 24.3 Å². The number of rotatable bonds is 5. The van der Waals surface area contributed by atoms with Crippen LogP contribution in [0.25, 0.3) is 0 Å². The third kappa shape index (κ3) is 3.96. The molecule has 0 saturated heterocycles. The van der Waals surface area contributed by atoms with Crippen LogP contribution >= 0.6 is 0 Å². The Morgan fingerprint density at radius 2 is 1.72 bits per heavy atom. The molecule has 0 radical (unpaired) electrons. The van der Waals surface area contributed by atoms with Crippen molar-refractivity contribution in [3.8, 4) is 0 Å². The van der Waals surface area contributed by atoms with Crippen molar-refractivity contribution in [1.29, 1.82) is 0 Å². The predicted octanol–water partition coefficient (Wildman–Crippen LogP) is 2.49. The second-order valence-electron chi connectivity index (χ2n) is 4.65. The molecule has 0 bridgehead atoms. The van der Waals surface area contributed by atoms with E-state index in [9.17, 15) is 8.42 Å². The van der Waals surface area contributed by atoms with E-state index in [0.29, 0.717) is 11.3 Å². The highest BCUT2D eigenvalue weighted by Gasteiger charge is 2.17. The van der Waals surface area contributed by atoms with E-state index in [-0.39, 0.29) is 12.4 Å². The fraction of sp³-hybridized carbons (Fsp3) is 0.429. The second kappa shape index (κ2) is 6.16. The Balaban J connectivity index is 3.01. The molecule has 18 heavy (non-hydrogen) atoms. The van der Waals surface area contributed by atoms with Gasteiger partial charge in [-0.3, -0.25) is 0 Å². The Labute approximate surface area is 109 Å². The molecule has 0 aliphatic rings. The molecule has 1 aromatic rings. The molecule has 0 atom stereocenters. The monoisotopic (exact) mass is 268 g/mol. The van der Waals surface area contributed by atoms with Crippen molar-refractivity contribution in [2.45, 2.75) is 32.1 Å². The van der Waals surface area contributed by atoms with Crippen LogP contribution in [0.2, 0.25) is 0 Å². The van der Waals surface area contributed by atoms with Crippen molar-refractivity contribution in [2.75, 3.05) is 12.4 Å². The number of benzene rings is 1. The van der Waals surface area contributed by atoms with Gasteiger partial charge in [-0.25, -0.2) is 8.42 Å². The van der Waals surface area contributed by atoms with Gasteiger partial charge in [-0.05, 0) is 39.3 Å². The fourth-order valence-corrected chi connectivity index (χ4v) is 3.27. The van der Waals surface area contributed by atoms with Gasteiger partial charge in [0.25, 0.3) is 0 Å². The largest absolute Gasteiger partial charge is 0.396 e. The maximum atomic E-state index is 12.2. The topological polar surface area (TPSA) is 54.4 Å². The molecule has 0 saturated carbocycles. The minimum Gasteiger partial charge on any atom is -0.396 e. The Morgan fingerprint density at radius 3 is 2.17 bits per heavy atom. The molecule has 4 heteroatoms. The van der Waals surface area contributed by atoms with Crippen LogP contribution in [0.3, 0.4) is 0 Å². The highest BCUT2D eigenvalue weighted by atomic mass is 32.2. The maximum absolute atomic E-state index is 12.2. The maximum Gasteiger partial charge on any atom is 0.182 e. The van der Waals surface area contributed by atoms with Gasteiger partial charge in [0.15, 0.2) is 9.84 Å². The van der Waals surface area contributed by atoms with Gasteiger partial charge >= 0.3 is 0 Å². The number of aliphatic hydroxyl groups is 1. The first-order chi connectivity index (χ1) is 8.36. The van der Waals surface area contributed by atoms with E-state index < -0.39 is 9.84 Å². The number of hydrogen-bond donors (Lipinski definition) is 1. The molecule has 0 aromatic heterocycles. The summed E-state index contributed by atoms with van der Waals surface area (Å²) in [7, 11) is -3.31. The average Bonchev–Trinajstić information content (AvgIpc) is 2.28. The normalized spacial score (nSPS) is 11.3. The molecule has 0 unspecified atom stereocenters. The number of aliphatic hydroxyl groups excluding tert-OH is 1. The van der Waals surface area contributed by atoms with Crippen molar-refractivity contribution in [3.05, 3.63) is 41.0 Å². The lowest BCUT2D eigenvalue weighted by atomic mass is 10.1. The summed E-state index contributed by atoms with van der Waals surface area (Å²) in [5.74, 6) is -0.0149. The van der Waals surface area contributed by atoms with Crippen LogP contribution in [0.5, 0.6) is 0 Å². The minimum atomic E-state index is -3.31. The molecule has 1 aromatic carbocycles. The summed E-state index contributed by atoms with van der Waals surface area (Å²) in [6.45, 7) is 5.64. The zero-order valence-electron chi connectivity index (χ0n) is 11.1. The summed E-state index contributed by atoms with van der Waals surface area (Å²) in [6.07, 6.45) is 0.410. The number of allylic oxidation sites excluding steroid dienone is 1. The zero-order valence-corrected chi connectivity index (χ0v) is 11.9. The van der Waals surface area contributed by atoms with Gasteiger partial charge in [0.2, 0.25) is 0 Å². The SMILES string of the molecule is CC(C)=C(CCO)CS(=O)(=O)c1ccc(C)cc1. The molecule has 3 nitrogen and oxygen atoms in total. The van der Waals surface area contributed by atoms with E-state index in [0.717, 1.165) is 16.7 Å². The van der Waals surface area contributed by atoms with Crippen molar-refractivity contribution >= 4 is 9.84 Å². The van der Waals surface area contributed by atoms with Crippen LogP contribution in [0, 0.1) is 6.92 Å². The highest BCUT2D eigenvalue weighted by Crippen LogP contribution is 2.18. The van der Waals surface area contributed by atoms with E-state index in [1.807, 2.05) is 20.8 Å². The van der Waals surface area contributed by atoms with Gasteiger partial charge in [0.1, 0.15) is 0 Å². The number of aryl methyl sites for hydroxylation is 1. The second-order valence-corrected chi connectivity index (χ2v) is 6.64. The molecule has 0 aliphatic carbocycles. The molecular formula is C14H20O3S. The van der Waals surface area contributed by atoms with E-state index in [4.69, 9.17) is 5.11 Å². The first-order valence-corrected chi connectivity index (χ1v) is 7.57. The Bertz CT molecular complexity index is 521. The van der Waals surface area contributed by atoms with Gasteiger partial charge < -0.3 is 5.11 Å². The van der Waals surface area contributed by atoms with Gasteiger partial charge in [-0.1, -0.05) is 28.8 Å². The smallest absolute Gasteiger partial charge is 0.182 e. The fourth-order valence-electron chi connectivity index (χ4n) is 1.66. The number of sulfone groups is 1. The first-order valence-electron chi connectivity index (χ1n) is 5.92. The summed E-state index contributed by atoms with van der Waals surface area (Å²) in [5, 5.41) is 8.96. The Morgan fingerprint density at radius 1 is 1.17 bits per heavy atom. The molecule has 0 fully saturated rings. The van der Waals surface area contributed by atoms with Crippen molar-refractivity contribution in [3.63, 3.8) is 0 Å². The Kier molecular flexibility index (Phi) is 5.11. The van der Waals surface area contributed by atoms with Crippen LogP contribution in [0.4, 0.5) is 0 Å². The molecule has 100 valence electrons. The van der Waals surface area contributed by atoms with Gasteiger partial charge in [-0.15, -0.1) is 0 Å². The lowest BCUT2D eigenvalue weighted by Gasteiger charge is -2.10. The van der Waals surface area contributed by atoms with Crippen LogP contribution in [0.1, 0.15) is 25.8 Å². The summed E-state index contributed by atoms with van der Waals surface area (Å²) in [6, 6.07) is 6.85. The standard InChI is InChI=1S/C14H20O3S/c1-11(2)13(8-9-15)10-18(16,17)14-6-4-12(3)5-7-14/h4-7,15H,8-10H2,1-3H3. The third-order valence-electron chi connectivity index (χ3n) is 2.87. The molecule has 0 aliphatic heterocycles. The zero-order chi connectivity index (χ0) is 13.8. The van der Waals surface area contributed by atoms with E-state index in [1.165, 1.54) is 0 Å². The van der Waals surface area contributed by atoms with Crippen LogP contribution in [-0.2, 0) is 9.84 Å². The van der Waals surface area contributed by atoms with Gasteiger partial charge in [0, 0.05) is 6.61 Å². The summed E-state index contributed by atoms with van der Waals surface area (Å²) in [5.41, 5.74) is 2.78. The summed E-state index contributed by atoms with van der Waals surface area (Å²) in [4.78, 5) is 0.338. The molecule has 1 rings (SSSR count). The molecule has 0 heterocycles. The van der Waals surface area contributed by atoms with Crippen LogP contribution < -0.4 is 0 Å². The number of hydrogen-bond acceptors (Lipinski definition) is 3. The Hall–Kier alpha value is -1.13. The van der Waals surface area contributed by atoms with Crippen LogP contribution in [-0.4, -0.2) is 25.9 Å². The quantitative estimate of drug-likeness (QED) is 0.835. The summed E-state index contributed by atoms with van der Waals surface area (Å²) < 4.78 is 24.4. The van der Waals surface area contributed by atoms with E-state index in [2.05, 4.69) is 0 Å². The van der Waals surface area contributed by atoms with E-state index >= 15 is 0 Å². The predicted molar refractivity (Wildman–Crippen MR) is 73.3 cm³/mol. The average molecular weight is 268 g/mol. The first kappa shape index (κ1) is 14.9. The minimum absolute atomic E-state index is 0.0149. The lowest BCUT2D eigenvalue weighted by Crippen LogP contribution is -2.11. The lowest BCUT2D eigenvalue weighted by molar-refractivity contribution is 0.299.